The molecule has 0 bridgehead atoms. The minimum absolute atomic E-state index is 0.167. The lowest BCUT2D eigenvalue weighted by Crippen LogP contribution is -2.07. The molecule has 2 aromatic rings. The number of hydrogen-bond donors (Lipinski definition) is 1. The molecule has 1 N–H and O–H groups in total. The summed E-state index contributed by atoms with van der Waals surface area (Å²) in [5.41, 5.74) is 2.81. The molecule has 0 atom stereocenters. The maximum Gasteiger partial charge on any atom is 0.248 e. The van der Waals surface area contributed by atoms with Gasteiger partial charge in [-0.25, -0.2) is 0 Å². The van der Waals surface area contributed by atoms with Crippen molar-refractivity contribution in [2.24, 2.45) is 0 Å². The molecule has 102 valence electrons. The van der Waals surface area contributed by atoms with Crippen LogP contribution in [-0.2, 0) is 4.79 Å². The molecule has 0 spiro atoms. The second-order valence-corrected chi connectivity index (χ2v) is 4.43. The average Bonchev–Trinajstić information content (AvgIpc) is 2.48. The van der Waals surface area contributed by atoms with Gasteiger partial charge >= 0.3 is 0 Å². The molecular weight excluding hydrogens is 250 g/mol. The summed E-state index contributed by atoms with van der Waals surface area (Å²) in [6.07, 6.45) is 3.24. The minimum Gasteiger partial charge on any atom is -0.496 e. The lowest BCUT2D eigenvalue weighted by Gasteiger charge is -2.04. The van der Waals surface area contributed by atoms with Crippen LogP contribution in [0.5, 0.6) is 5.75 Å². The Bertz CT molecular complexity index is 615. The Morgan fingerprint density at radius 3 is 2.50 bits per heavy atom. The van der Waals surface area contributed by atoms with Crippen molar-refractivity contribution in [2.45, 2.75) is 6.92 Å². The Balaban J connectivity index is 2.04. The zero-order valence-corrected chi connectivity index (χ0v) is 11.6. The molecule has 0 heterocycles. The van der Waals surface area contributed by atoms with E-state index in [2.05, 4.69) is 5.32 Å². The van der Waals surface area contributed by atoms with Crippen LogP contribution in [0.3, 0.4) is 0 Å². The number of ether oxygens (including phenoxy) is 1. The summed E-state index contributed by atoms with van der Waals surface area (Å²) in [7, 11) is 1.61. The van der Waals surface area contributed by atoms with Crippen molar-refractivity contribution in [2.75, 3.05) is 12.4 Å². The molecule has 0 saturated carbocycles. The van der Waals surface area contributed by atoms with Crippen molar-refractivity contribution < 1.29 is 9.53 Å². The fourth-order valence-corrected chi connectivity index (χ4v) is 1.79. The highest BCUT2D eigenvalue weighted by Crippen LogP contribution is 2.18. The summed E-state index contributed by atoms with van der Waals surface area (Å²) >= 11 is 0. The molecule has 3 heteroatoms. The first kappa shape index (κ1) is 13.9. The van der Waals surface area contributed by atoms with Crippen LogP contribution in [0.1, 0.15) is 11.1 Å². The van der Waals surface area contributed by atoms with Crippen LogP contribution in [0.15, 0.2) is 54.6 Å². The van der Waals surface area contributed by atoms with Gasteiger partial charge in [-0.1, -0.05) is 35.9 Å². The highest BCUT2D eigenvalue weighted by atomic mass is 16.5. The van der Waals surface area contributed by atoms with E-state index in [-0.39, 0.29) is 5.91 Å². The molecule has 0 saturated heterocycles. The molecule has 0 fully saturated rings. The SMILES string of the molecule is COc1ccccc1/C=C/C(=O)Nc1ccc(C)cc1. The van der Waals surface area contributed by atoms with Gasteiger partial charge in [0.1, 0.15) is 5.75 Å². The number of amides is 1. The van der Waals surface area contributed by atoms with E-state index in [0.717, 1.165) is 22.6 Å². The number of carbonyl (C=O) groups excluding carboxylic acids is 1. The van der Waals surface area contributed by atoms with Crippen LogP contribution in [-0.4, -0.2) is 13.0 Å². The highest BCUT2D eigenvalue weighted by Gasteiger charge is 2.00. The normalized spacial score (nSPS) is 10.5. The van der Waals surface area contributed by atoms with E-state index in [0.29, 0.717) is 0 Å². The van der Waals surface area contributed by atoms with E-state index in [1.807, 2.05) is 55.5 Å². The van der Waals surface area contributed by atoms with Crippen molar-refractivity contribution in [3.8, 4) is 5.75 Å². The predicted molar refractivity (Wildman–Crippen MR) is 81.8 cm³/mol. The first-order valence-corrected chi connectivity index (χ1v) is 6.38. The van der Waals surface area contributed by atoms with Crippen LogP contribution in [0.25, 0.3) is 6.08 Å². The fraction of sp³-hybridized carbons (Fsp3) is 0.118. The van der Waals surface area contributed by atoms with Gasteiger partial charge in [0, 0.05) is 17.3 Å². The molecule has 0 aliphatic carbocycles. The maximum absolute atomic E-state index is 11.8. The summed E-state index contributed by atoms with van der Waals surface area (Å²) in [6, 6.07) is 15.2. The van der Waals surface area contributed by atoms with Crippen LogP contribution in [0.4, 0.5) is 5.69 Å². The zero-order chi connectivity index (χ0) is 14.4. The number of benzene rings is 2. The Hall–Kier alpha value is -2.55. The molecule has 3 nitrogen and oxygen atoms in total. The number of rotatable bonds is 4. The molecule has 20 heavy (non-hydrogen) atoms. The Kier molecular flexibility index (Phi) is 4.56. The van der Waals surface area contributed by atoms with Crippen LogP contribution in [0, 0.1) is 6.92 Å². The third kappa shape index (κ3) is 3.72. The van der Waals surface area contributed by atoms with E-state index in [1.54, 1.807) is 13.2 Å². The summed E-state index contributed by atoms with van der Waals surface area (Å²) in [5, 5.41) is 2.81. The number of nitrogens with one attached hydrogen (secondary N) is 1. The Labute approximate surface area is 118 Å². The molecular formula is C17H17NO2. The number of carbonyl (C=O) groups is 1. The maximum atomic E-state index is 11.8. The fourth-order valence-electron chi connectivity index (χ4n) is 1.79. The number of para-hydroxylation sites is 1. The average molecular weight is 267 g/mol. The van der Waals surface area contributed by atoms with Gasteiger partial charge in [0.25, 0.3) is 0 Å². The topological polar surface area (TPSA) is 38.3 Å². The predicted octanol–water partition coefficient (Wildman–Crippen LogP) is 3.66. The quantitative estimate of drug-likeness (QED) is 0.859. The molecule has 2 rings (SSSR count). The van der Waals surface area contributed by atoms with Gasteiger partial charge < -0.3 is 10.1 Å². The second kappa shape index (κ2) is 6.57. The van der Waals surface area contributed by atoms with Gasteiger partial charge in [-0.15, -0.1) is 0 Å². The minimum atomic E-state index is -0.167. The van der Waals surface area contributed by atoms with Gasteiger partial charge in [0.2, 0.25) is 5.91 Å². The van der Waals surface area contributed by atoms with E-state index in [9.17, 15) is 4.79 Å². The van der Waals surface area contributed by atoms with Crippen molar-refractivity contribution in [1.82, 2.24) is 0 Å². The van der Waals surface area contributed by atoms with Crippen molar-refractivity contribution >= 4 is 17.7 Å². The lowest BCUT2D eigenvalue weighted by molar-refractivity contribution is -0.111. The van der Waals surface area contributed by atoms with E-state index in [4.69, 9.17) is 4.74 Å². The van der Waals surface area contributed by atoms with E-state index in [1.165, 1.54) is 6.08 Å². The molecule has 0 aliphatic rings. The summed E-state index contributed by atoms with van der Waals surface area (Å²) in [5.74, 6) is 0.576. The summed E-state index contributed by atoms with van der Waals surface area (Å²) < 4.78 is 5.23. The standard InChI is InChI=1S/C17H17NO2/c1-13-7-10-15(11-8-13)18-17(19)12-9-14-5-3-4-6-16(14)20-2/h3-12H,1-2H3,(H,18,19)/b12-9+. The van der Waals surface area contributed by atoms with Gasteiger partial charge in [0.05, 0.1) is 7.11 Å². The lowest BCUT2D eigenvalue weighted by atomic mass is 10.2. The van der Waals surface area contributed by atoms with Crippen LogP contribution < -0.4 is 10.1 Å². The van der Waals surface area contributed by atoms with Crippen LogP contribution in [0.2, 0.25) is 0 Å². The van der Waals surface area contributed by atoms with Crippen molar-refractivity contribution in [3.63, 3.8) is 0 Å². The van der Waals surface area contributed by atoms with Gasteiger partial charge in [-0.2, -0.15) is 0 Å². The molecule has 1 amide bonds. The van der Waals surface area contributed by atoms with Crippen molar-refractivity contribution in [1.29, 1.82) is 0 Å². The molecule has 0 radical (unpaired) electrons. The molecule has 2 aromatic carbocycles. The van der Waals surface area contributed by atoms with Crippen molar-refractivity contribution in [3.05, 3.63) is 65.7 Å². The van der Waals surface area contributed by atoms with Gasteiger partial charge in [-0.3, -0.25) is 4.79 Å². The molecule has 0 aliphatic heterocycles. The van der Waals surface area contributed by atoms with E-state index >= 15 is 0 Å². The molecule has 0 aromatic heterocycles. The Morgan fingerprint density at radius 2 is 1.80 bits per heavy atom. The third-order valence-corrected chi connectivity index (χ3v) is 2.87. The van der Waals surface area contributed by atoms with E-state index < -0.39 is 0 Å². The zero-order valence-electron chi connectivity index (χ0n) is 11.6. The van der Waals surface area contributed by atoms with Gasteiger partial charge in [-0.05, 0) is 31.2 Å². The smallest absolute Gasteiger partial charge is 0.248 e. The number of hydrogen-bond acceptors (Lipinski definition) is 2. The summed E-state index contributed by atoms with van der Waals surface area (Å²) in [6.45, 7) is 2.01. The first-order chi connectivity index (χ1) is 9.69. The monoisotopic (exact) mass is 267 g/mol. The van der Waals surface area contributed by atoms with Gasteiger partial charge in [0.15, 0.2) is 0 Å². The number of methoxy groups -OCH3 is 1. The summed E-state index contributed by atoms with van der Waals surface area (Å²) in [4.78, 5) is 11.8. The third-order valence-electron chi connectivity index (χ3n) is 2.87. The first-order valence-electron chi connectivity index (χ1n) is 6.38. The molecule has 0 unspecified atom stereocenters. The Morgan fingerprint density at radius 1 is 1.10 bits per heavy atom. The van der Waals surface area contributed by atoms with Crippen LogP contribution >= 0.6 is 0 Å². The largest absolute Gasteiger partial charge is 0.496 e. The number of aryl methyl sites for hydroxylation is 1. The second-order valence-electron chi connectivity index (χ2n) is 4.43. The highest BCUT2D eigenvalue weighted by molar-refractivity contribution is 6.02. The number of anilines is 1.